The lowest BCUT2D eigenvalue weighted by molar-refractivity contribution is 0.0685. The number of carboxylic acids is 1. The van der Waals surface area contributed by atoms with Gasteiger partial charge >= 0.3 is 5.97 Å². The van der Waals surface area contributed by atoms with Crippen molar-refractivity contribution in [3.05, 3.63) is 51.6 Å². The Kier molecular flexibility index (Phi) is 4.05. The van der Waals surface area contributed by atoms with Gasteiger partial charge in [-0.1, -0.05) is 0 Å². The summed E-state index contributed by atoms with van der Waals surface area (Å²) in [6.07, 6.45) is 2.50. The molecule has 0 bridgehead atoms. The van der Waals surface area contributed by atoms with E-state index in [0.717, 1.165) is 3.57 Å². The number of halogens is 1. The monoisotopic (exact) mass is 369 g/mol. The molecule has 1 heterocycles. The van der Waals surface area contributed by atoms with Crippen LogP contribution in [0, 0.1) is 3.57 Å². The Morgan fingerprint density at radius 2 is 1.63 bits per heavy atom. The van der Waals surface area contributed by atoms with Crippen molar-refractivity contribution in [2.45, 2.75) is 0 Å². The van der Waals surface area contributed by atoms with Gasteiger partial charge in [0.1, 0.15) is 0 Å². The average molecular weight is 369 g/mol. The largest absolute Gasteiger partial charge is 0.476 e. The highest BCUT2D eigenvalue weighted by atomic mass is 127. The van der Waals surface area contributed by atoms with E-state index in [-0.39, 0.29) is 11.4 Å². The summed E-state index contributed by atoms with van der Waals surface area (Å²) in [6, 6.07) is 7.09. The first kappa shape index (κ1) is 13.4. The number of anilines is 1. The highest BCUT2D eigenvalue weighted by Gasteiger charge is 2.19. The number of hydrogen-bond donors (Lipinski definition) is 2. The third kappa shape index (κ3) is 3.25. The Morgan fingerprint density at radius 3 is 2.21 bits per heavy atom. The molecular formula is C12H8IN3O3. The highest BCUT2D eigenvalue weighted by Crippen LogP contribution is 2.12. The van der Waals surface area contributed by atoms with Gasteiger partial charge < -0.3 is 10.4 Å². The van der Waals surface area contributed by atoms with Crippen molar-refractivity contribution < 1.29 is 14.7 Å². The first-order valence-corrected chi connectivity index (χ1v) is 6.27. The number of carboxylic acid groups (broad SMARTS) is 1. The molecule has 0 radical (unpaired) electrons. The predicted molar refractivity (Wildman–Crippen MR) is 76.1 cm³/mol. The van der Waals surface area contributed by atoms with Gasteiger partial charge in [0.05, 0.1) is 0 Å². The molecule has 0 aliphatic carbocycles. The fraction of sp³-hybridized carbons (Fsp3) is 0. The molecule has 2 aromatic rings. The van der Waals surface area contributed by atoms with Crippen LogP contribution in [0.3, 0.4) is 0 Å². The normalized spacial score (nSPS) is 9.95. The Bertz CT molecular complexity index is 628. The second-order valence-electron chi connectivity index (χ2n) is 3.52. The number of aromatic nitrogens is 2. The number of benzene rings is 1. The predicted octanol–water partition coefficient (Wildman–Crippen LogP) is 2.03. The van der Waals surface area contributed by atoms with E-state index >= 15 is 0 Å². The highest BCUT2D eigenvalue weighted by molar-refractivity contribution is 14.1. The van der Waals surface area contributed by atoms with E-state index in [9.17, 15) is 9.59 Å². The third-order valence-corrected chi connectivity index (χ3v) is 2.94. The van der Waals surface area contributed by atoms with E-state index in [2.05, 4.69) is 37.9 Å². The van der Waals surface area contributed by atoms with E-state index in [1.165, 1.54) is 12.4 Å². The summed E-state index contributed by atoms with van der Waals surface area (Å²) in [5, 5.41) is 11.5. The molecule has 0 fully saturated rings. The molecule has 7 heteroatoms. The van der Waals surface area contributed by atoms with Crippen LogP contribution < -0.4 is 5.32 Å². The van der Waals surface area contributed by atoms with Crippen LogP contribution in [0.1, 0.15) is 21.0 Å². The lowest BCUT2D eigenvalue weighted by Crippen LogP contribution is -2.19. The van der Waals surface area contributed by atoms with Crippen molar-refractivity contribution in [3.8, 4) is 0 Å². The van der Waals surface area contributed by atoms with Gasteiger partial charge in [0, 0.05) is 21.7 Å². The molecule has 1 aromatic carbocycles. The van der Waals surface area contributed by atoms with E-state index in [0.29, 0.717) is 5.69 Å². The van der Waals surface area contributed by atoms with Gasteiger partial charge in [0.25, 0.3) is 5.91 Å². The molecule has 19 heavy (non-hydrogen) atoms. The van der Waals surface area contributed by atoms with E-state index in [1.54, 1.807) is 12.1 Å². The van der Waals surface area contributed by atoms with Crippen molar-refractivity contribution in [1.82, 2.24) is 9.97 Å². The zero-order valence-corrected chi connectivity index (χ0v) is 11.7. The maximum absolute atomic E-state index is 11.9. The summed E-state index contributed by atoms with van der Waals surface area (Å²) in [7, 11) is 0. The number of nitrogens with one attached hydrogen (secondary N) is 1. The summed E-state index contributed by atoms with van der Waals surface area (Å²) >= 11 is 2.14. The Balaban J connectivity index is 2.25. The van der Waals surface area contributed by atoms with Gasteiger partial charge in [-0.2, -0.15) is 0 Å². The zero-order valence-electron chi connectivity index (χ0n) is 9.50. The lowest BCUT2D eigenvalue weighted by Gasteiger charge is -2.06. The molecule has 0 aliphatic heterocycles. The van der Waals surface area contributed by atoms with Gasteiger partial charge in [-0.05, 0) is 46.9 Å². The fourth-order valence-corrected chi connectivity index (χ4v) is 1.74. The summed E-state index contributed by atoms with van der Waals surface area (Å²) in [4.78, 5) is 30.3. The van der Waals surface area contributed by atoms with Gasteiger partial charge in [-0.25, -0.2) is 14.8 Å². The van der Waals surface area contributed by atoms with Crippen LogP contribution in [-0.2, 0) is 0 Å². The number of carbonyl (C=O) groups excluding carboxylic acids is 1. The van der Waals surface area contributed by atoms with Crippen LogP contribution in [-0.4, -0.2) is 27.0 Å². The topological polar surface area (TPSA) is 92.2 Å². The van der Waals surface area contributed by atoms with E-state index in [4.69, 9.17) is 5.11 Å². The van der Waals surface area contributed by atoms with E-state index < -0.39 is 11.9 Å². The molecule has 0 aliphatic rings. The first-order valence-electron chi connectivity index (χ1n) is 5.19. The van der Waals surface area contributed by atoms with E-state index in [1.807, 2.05) is 12.1 Å². The molecule has 0 spiro atoms. The summed E-state index contributed by atoms with van der Waals surface area (Å²) < 4.78 is 1.03. The maximum atomic E-state index is 11.9. The molecule has 0 atom stereocenters. The van der Waals surface area contributed by atoms with Crippen molar-refractivity contribution >= 4 is 40.2 Å². The molecule has 0 unspecified atom stereocenters. The van der Waals surface area contributed by atoms with Crippen molar-refractivity contribution in [2.24, 2.45) is 0 Å². The Morgan fingerprint density at radius 1 is 1.05 bits per heavy atom. The Labute approximate surface area is 122 Å². The zero-order chi connectivity index (χ0) is 13.8. The van der Waals surface area contributed by atoms with Crippen LogP contribution in [0.2, 0.25) is 0 Å². The van der Waals surface area contributed by atoms with Gasteiger partial charge in [-0.15, -0.1) is 0 Å². The number of hydrogen-bond acceptors (Lipinski definition) is 4. The number of nitrogens with zero attached hydrogens (tertiary/aromatic N) is 2. The second-order valence-corrected chi connectivity index (χ2v) is 4.77. The van der Waals surface area contributed by atoms with Crippen molar-refractivity contribution in [3.63, 3.8) is 0 Å². The molecule has 0 saturated carbocycles. The van der Waals surface area contributed by atoms with Crippen LogP contribution in [0.15, 0.2) is 36.7 Å². The molecule has 1 aromatic heterocycles. The number of rotatable bonds is 3. The number of aromatic carboxylic acids is 1. The number of amides is 1. The average Bonchev–Trinajstić information content (AvgIpc) is 2.41. The molecule has 1 amide bonds. The lowest BCUT2D eigenvalue weighted by atomic mass is 10.2. The standard InChI is InChI=1S/C12H8IN3O3/c13-7-1-3-8(4-2-7)16-11(17)9-10(12(18)19)15-6-5-14-9/h1-6H,(H,16,17)(H,18,19). The minimum Gasteiger partial charge on any atom is -0.476 e. The van der Waals surface area contributed by atoms with Gasteiger partial charge in [0.15, 0.2) is 11.4 Å². The third-order valence-electron chi connectivity index (χ3n) is 2.22. The fourth-order valence-electron chi connectivity index (χ4n) is 1.38. The molecular weight excluding hydrogens is 361 g/mol. The minimum absolute atomic E-state index is 0.214. The summed E-state index contributed by atoms with van der Waals surface area (Å²) in [6.45, 7) is 0. The Hall–Kier alpha value is -2.03. The van der Waals surface area contributed by atoms with Crippen LogP contribution in [0.5, 0.6) is 0 Å². The molecule has 2 N–H and O–H groups in total. The van der Waals surface area contributed by atoms with Gasteiger partial charge in [0.2, 0.25) is 0 Å². The van der Waals surface area contributed by atoms with Crippen molar-refractivity contribution in [1.29, 1.82) is 0 Å². The van der Waals surface area contributed by atoms with Crippen LogP contribution in [0.25, 0.3) is 0 Å². The first-order chi connectivity index (χ1) is 9.08. The summed E-state index contributed by atoms with van der Waals surface area (Å²) in [5.74, 6) is -1.90. The van der Waals surface area contributed by atoms with Crippen molar-refractivity contribution in [2.75, 3.05) is 5.32 Å². The maximum Gasteiger partial charge on any atom is 0.356 e. The van der Waals surface area contributed by atoms with Gasteiger partial charge in [-0.3, -0.25) is 4.79 Å². The van der Waals surface area contributed by atoms with Crippen LogP contribution in [0.4, 0.5) is 5.69 Å². The molecule has 6 nitrogen and oxygen atoms in total. The summed E-state index contributed by atoms with van der Waals surface area (Å²) in [5.41, 5.74) is -0.0218. The molecule has 96 valence electrons. The van der Waals surface area contributed by atoms with Crippen LogP contribution >= 0.6 is 22.6 Å². The molecule has 2 rings (SSSR count). The number of carbonyl (C=O) groups is 2. The smallest absolute Gasteiger partial charge is 0.356 e. The minimum atomic E-state index is -1.29. The second kappa shape index (κ2) is 5.74. The molecule has 0 saturated heterocycles. The SMILES string of the molecule is O=C(O)c1nccnc1C(=O)Nc1ccc(I)cc1. The quantitative estimate of drug-likeness (QED) is 0.808.